The van der Waals surface area contributed by atoms with Crippen LogP contribution in [0.5, 0.6) is 11.5 Å². The Bertz CT molecular complexity index is 746. The van der Waals surface area contributed by atoms with Gasteiger partial charge in [0.25, 0.3) is 0 Å². The van der Waals surface area contributed by atoms with Crippen molar-refractivity contribution in [2.24, 2.45) is 10.8 Å². The molecule has 2 aromatic rings. The minimum absolute atomic E-state index is 0.0647. The Morgan fingerprint density at radius 1 is 1.17 bits per heavy atom. The Balaban J connectivity index is 2.05. The fourth-order valence-electron chi connectivity index (χ4n) is 2.84. The lowest BCUT2D eigenvalue weighted by Crippen LogP contribution is -2.19. The number of methoxy groups -OCH3 is 2. The number of hydrogen-bond acceptors (Lipinski definition) is 5. The molecule has 0 fully saturated rings. The first-order valence-corrected chi connectivity index (χ1v) is 7.69. The van der Waals surface area contributed by atoms with Crippen LogP contribution in [0.3, 0.4) is 0 Å². The van der Waals surface area contributed by atoms with E-state index in [0.29, 0.717) is 24.5 Å². The summed E-state index contributed by atoms with van der Waals surface area (Å²) in [5, 5.41) is 6.51. The molecule has 1 aliphatic heterocycles. The van der Waals surface area contributed by atoms with Gasteiger partial charge < -0.3 is 15.2 Å². The summed E-state index contributed by atoms with van der Waals surface area (Å²) in [4.78, 5) is 0. The molecule has 1 unspecified atom stereocenters. The average molecular weight is 329 g/mol. The van der Waals surface area contributed by atoms with Crippen molar-refractivity contribution in [1.82, 2.24) is 0 Å². The number of anilines is 1. The van der Waals surface area contributed by atoms with E-state index >= 15 is 0 Å². The largest absolute Gasteiger partial charge is 0.497 e. The second-order valence-corrected chi connectivity index (χ2v) is 5.52. The van der Waals surface area contributed by atoms with E-state index in [2.05, 4.69) is 5.10 Å². The van der Waals surface area contributed by atoms with E-state index in [1.54, 1.807) is 26.4 Å². The molecule has 1 heterocycles. The molecule has 0 saturated carbocycles. The predicted molar refractivity (Wildman–Crippen MR) is 92.3 cm³/mol. The maximum absolute atomic E-state index is 13.3. The zero-order valence-corrected chi connectivity index (χ0v) is 13.7. The van der Waals surface area contributed by atoms with Crippen molar-refractivity contribution >= 4 is 11.4 Å². The summed E-state index contributed by atoms with van der Waals surface area (Å²) in [6.45, 7) is 0.375. The number of nitrogens with zero attached hydrogens (tertiary/aromatic N) is 2. The molecule has 0 bridgehead atoms. The topological polar surface area (TPSA) is 60.1 Å². The van der Waals surface area contributed by atoms with Crippen LogP contribution in [0.1, 0.15) is 18.0 Å². The third kappa shape index (κ3) is 3.05. The fourth-order valence-corrected chi connectivity index (χ4v) is 2.84. The van der Waals surface area contributed by atoms with Crippen molar-refractivity contribution in [2.75, 3.05) is 25.8 Å². The first-order chi connectivity index (χ1) is 11.7. The Kier molecular flexibility index (Phi) is 4.66. The van der Waals surface area contributed by atoms with Gasteiger partial charge in [0.15, 0.2) is 0 Å². The normalized spacial score (nSPS) is 16.9. The molecule has 0 saturated heterocycles. The lowest BCUT2D eigenvalue weighted by atomic mass is 10.0. The van der Waals surface area contributed by atoms with Crippen LogP contribution < -0.4 is 20.2 Å². The summed E-state index contributed by atoms with van der Waals surface area (Å²) in [5.41, 5.74) is 8.43. The molecule has 0 aromatic heterocycles. The number of rotatable bonds is 5. The first kappa shape index (κ1) is 16.3. The number of ether oxygens (including phenoxy) is 2. The average Bonchev–Trinajstić information content (AvgIpc) is 3.06. The van der Waals surface area contributed by atoms with Crippen LogP contribution in [-0.4, -0.2) is 26.5 Å². The van der Waals surface area contributed by atoms with Crippen molar-refractivity contribution < 1.29 is 13.9 Å². The lowest BCUT2D eigenvalue weighted by Gasteiger charge is -2.26. The molecule has 0 spiro atoms. The first-order valence-electron chi connectivity index (χ1n) is 7.69. The number of benzene rings is 2. The van der Waals surface area contributed by atoms with Gasteiger partial charge in [-0.15, -0.1) is 0 Å². The van der Waals surface area contributed by atoms with Crippen LogP contribution in [0.4, 0.5) is 10.1 Å². The monoisotopic (exact) mass is 329 g/mol. The Labute approximate surface area is 140 Å². The Hall–Kier alpha value is -2.60. The highest BCUT2D eigenvalue weighted by molar-refractivity contribution is 5.91. The van der Waals surface area contributed by atoms with E-state index in [-0.39, 0.29) is 11.9 Å². The molecule has 1 atom stereocenters. The molecule has 6 heteroatoms. The summed E-state index contributed by atoms with van der Waals surface area (Å²) >= 11 is 0. The van der Waals surface area contributed by atoms with Gasteiger partial charge in [0.1, 0.15) is 23.0 Å². The van der Waals surface area contributed by atoms with Crippen molar-refractivity contribution in [3.8, 4) is 11.5 Å². The van der Waals surface area contributed by atoms with Crippen molar-refractivity contribution in [3.05, 3.63) is 53.8 Å². The number of hydrogen-bond donors (Lipinski definition) is 1. The second-order valence-electron chi connectivity index (χ2n) is 5.52. The summed E-state index contributed by atoms with van der Waals surface area (Å²) in [6.07, 6.45) is 0.683. The molecule has 0 radical (unpaired) electrons. The molecule has 1 aliphatic rings. The van der Waals surface area contributed by atoms with Crippen LogP contribution in [0.15, 0.2) is 47.6 Å². The van der Waals surface area contributed by atoms with Crippen LogP contribution in [0, 0.1) is 5.82 Å². The molecule has 0 amide bonds. The molecule has 24 heavy (non-hydrogen) atoms. The smallest absolute Gasteiger partial charge is 0.144 e. The molecule has 3 rings (SSSR count). The molecule has 126 valence electrons. The Morgan fingerprint density at radius 3 is 2.54 bits per heavy atom. The standard InChI is InChI=1S/C18H20FN3O2/c1-23-15-7-8-18(24-2)17(10-15)22-16(9-14(11-20)21-22)12-3-5-13(19)6-4-12/h3-8,10,16H,9,11,20H2,1-2H3. The number of hydrazone groups is 1. The van der Waals surface area contributed by atoms with Gasteiger partial charge in [-0.3, -0.25) is 5.01 Å². The molecule has 2 aromatic carbocycles. The molecule has 2 N–H and O–H groups in total. The summed E-state index contributed by atoms with van der Waals surface area (Å²) in [6, 6.07) is 11.9. The highest BCUT2D eigenvalue weighted by Crippen LogP contribution is 2.41. The van der Waals surface area contributed by atoms with Crippen LogP contribution in [-0.2, 0) is 0 Å². The third-order valence-electron chi connectivity index (χ3n) is 4.10. The predicted octanol–water partition coefficient (Wildman–Crippen LogP) is 3.11. The fraction of sp³-hybridized carbons (Fsp3) is 0.278. The minimum atomic E-state index is -0.262. The van der Waals surface area contributed by atoms with Crippen LogP contribution in [0.2, 0.25) is 0 Å². The van der Waals surface area contributed by atoms with Crippen molar-refractivity contribution in [1.29, 1.82) is 0 Å². The van der Waals surface area contributed by atoms with E-state index < -0.39 is 0 Å². The maximum Gasteiger partial charge on any atom is 0.144 e. The van der Waals surface area contributed by atoms with Crippen LogP contribution >= 0.6 is 0 Å². The SMILES string of the molecule is COc1ccc(OC)c(N2N=C(CN)CC2c2ccc(F)cc2)c1. The summed E-state index contributed by atoms with van der Waals surface area (Å²) in [7, 11) is 3.23. The highest BCUT2D eigenvalue weighted by atomic mass is 19.1. The van der Waals surface area contributed by atoms with Crippen LogP contribution in [0.25, 0.3) is 0 Å². The second kappa shape index (κ2) is 6.88. The van der Waals surface area contributed by atoms with Gasteiger partial charge in [0.2, 0.25) is 0 Å². The van der Waals surface area contributed by atoms with Crippen molar-refractivity contribution in [2.45, 2.75) is 12.5 Å². The van der Waals surface area contributed by atoms with E-state index in [0.717, 1.165) is 17.0 Å². The van der Waals surface area contributed by atoms with E-state index in [1.165, 1.54) is 12.1 Å². The number of halogens is 1. The highest BCUT2D eigenvalue weighted by Gasteiger charge is 2.30. The zero-order valence-electron chi connectivity index (χ0n) is 13.7. The zero-order chi connectivity index (χ0) is 17.1. The Morgan fingerprint density at radius 2 is 1.92 bits per heavy atom. The van der Waals surface area contributed by atoms with E-state index in [1.807, 2.05) is 23.2 Å². The van der Waals surface area contributed by atoms with Gasteiger partial charge in [-0.2, -0.15) is 5.10 Å². The lowest BCUT2D eigenvalue weighted by molar-refractivity contribution is 0.402. The van der Waals surface area contributed by atoms with Gasteiger partial charge in [0.05, 0.1) is 26.0 Å². The van der Waals surface area contributed by atoms with Gasteiger partial charge in [0, 0.05) is 19.0 Å². The van der Waals surface area contributed by atoms with Crippen molar-refractivity contribution in [3.63, 3.8) is 0 Å². The van der Waals surface area contributed by atoms with Gasteiger partial charge in [-0.25, -0.2) is 4.39 Å². The molecule has 5 nitrogen and oxygen atoms in total. The van der Waals surface area contributed by atoms with E-state index in [4.69, 9.17) is 15.2 Å². The summed E-state index contributed by atoms with van der Waals surface area (Å²) < 4.78 is 24.0. The summed E-state index contributed by atoms with van der Waals surface area (Å²) in [5.74, 6) is 1.13. The molecular weight excluding hydrogens is 309 g/mol. The van der Waals surface area contributed by atoms with Gasteiger partial charge in [-0.1, -0.05) is 12.1 Å². The quantitative estimate of drug-likeness (QED) is 0.916. The van der Waals surface area contributed by atoms with Gasteiger partial charge >= 0.3 is 0 Å². The van der Waals surface area contributed by atoms with E-state index in [9.17, 15) is 4.39 Å². The van der Waals surface area contributed by atoms with Gasteiger partial charge in [-0.05, 0) is 29.8 Å². The molecule has 0 aliphatic carbocycles. The third-order valence-corrected chi connectivity index (χ3v) is 4.10. The maximum atomic E-state index is 13.3. The number of nitrogens with two attached hydrogens (primary N) is 1. The minimum Gasteiger partial charge on any atom is -0.497 e. The molecular formula is C18H20FN3O2.